The summed E-state index contributed by atoms with van der Waals surface area (Å²) in [5, 5.41) is 5.46. The maximum absolute atomic E-state index is 13.7. The molecule has 0 saturated heterocycles. The van der Waals surface area contributed by atoms with Gasteiger partial charge in [0, 0.05) is 12.2 Å². The van der Waals surface area contributed by atoms with E-state index in [1.165, 1.54) is 4.90 Å². The van der Waals surface area contributed by atoms with Crippen molar-refractivity contribution in [1.29, 1.82) is 0 Å². The summed E-state index contributed by atoms with van der Waals surface area (Å²) in [6.45, 7) is 11.3. The van der Waals surface area contributed by atoms with Gasteiger partial charge in [-0.25, -0.2) is 4.79 Å². The predicted octanol–water partition coefficient (Wildman–Crippen LogP) is 5.15. The highest BCUT2D eigenvalue weighted by molar-refractivity contribution is 5.98. The molecule has 0 aliphatic carbocycles. The van der Waals surface area contributed by atoms with Crippen molar-refractivity contribution in [3.8, 4) is 5.75 Å². The highest BCUT2D eigenvalue weighted by Gasteiger charge is 2.32. The van der Waals surface area contributed by atoms with Crippen molar-refractivity contribution < 1.29 is 23.9 Å². The minimum atomic E-state index is -0.883. The van der Waals surface area contributed by atoms with Crippen molar-refractivity contribution in [2.24, 2.45) is 0 Å². The summed E-state index contributed by atoms with van der Waals surface area (Å²) in [5.41, 5.74) is 2.71. The van der Waals surface area contributed by atoms with Crippen LogP contribution >= 0.6 is 0 Å². The first kappa shape index (κ1) is 28.7. The molecule has 0 spiro atoms. The van der Waals surface area contributed by atoms with E-state index in [1.807, 2.05) is 39.0 Å². The fourth-order valence-corrected chi connectivity index (χ4v) is 3.58. The fraction of sp³-hybridized carbons (Fsp3) is 0.464. The number of aryl methyl sites for hydroxylation is 2. The van der Waals surface area contributed by atoms with Crippen LogP contribution in [0.2, 0.25) is 0 Å². The van der Waals surface area contributed by atoms with Gasteiger partial charge >= 0.3 is 6.09 Å². The largest absolute Gasteiger partial charge is 0.497 e. The molecular weight excluding hydrogens is 458 g/mol. The van der Waals surface area contributed by atoms with Crippen LogP contribution in [-0.2, 0) is 14.3 Å². The van der Waals surface area contributed by atoms with Crippen molar-refractivity contribution in [1.82, 2.24) is 10.2 Å². The molecule has 0 bridgehead atoms. The van der Waals surface area contributed by atoms with Gasteiger partial charge < -0.3 is 25.0 Å². The molecule has 8 nitrogen and oxygen atoms in total. The quantitative estimate of drug-likeness (QED) is 0.473. The van der Waals surface area contributed by atoms with Crippen molar-refractivity contribution >= 4 is 23.6 Å². The number of methoxy groups -OCH3 is 1. The third kappa shape index (κ3) is 8.59. The zero-order chi connectivity index (χ0) is 26.9. The summed E-state index contributed by atoms with van der Waals surface area (Å²) >= 11 is 0. The molecule has 2 rings (SSSR count). The molecule has 36 heavy (non-hydrogen) atoms. The molecule has 0 saturated carbocycles. The first-order chi connectivity index (χ1) is 16.9. The molecule has 196 valence electrons. The molecule has 2 aromatic rings. The molecule has 0 radical (unpaired) electrons. The van der Waals surface area contributed by atoms with Crippen LogP contribution < -0.4 is 15.4 Å². The van der Waals surface area contributed by atoms with Crippen LogP contribution in [0.25, 0.3) is 0 Å². The minimum absolute atomic E-state index is 0.282. The maximum atomic E-state index is 13.7. The average Bonchev–Trinajstić information content (AvgIpc) is 2.81. The molecule has 3 amide bonds. The average molecular weight is 498 g/mol. The second kappa shape index (κ2) is 13.0. The third-order valence-electron chi connectivity index (χ3n) is 5.62. The Balaban J connectivity index is 2.37. The Morgan fingerprint density at radius 2 is 1.67 bits per heavy atom. The van der Waals surface area contributed by atoms with E-state index >= 15 is 0 Å². The van der Waals surface area contributed by atoms with Crippen LogP contribution in [0.4, 0.5) is 10.5 Å². The highest BCUT2D eigenvalue weighted by atomic mass is 16.6. The molecule has 0 aromatic heterocycles. The van der Waals surface area contributed by atoms with E-state index in [2.05, 4.69) is 10.6 Å². The van der Waals surface area contributed by atoms with Gasteiger partial charge in [-0.2, -0.15) is 0 Å². The topological polar surface area (TPSA) is 97.0 Å². The predicted molar refractivity (Wildman–Crippen MR) is 141 cm³/mol. The molecule has 0 aliphatic heterocycles. The highest BCUT2D eigenvalue weighted by Crippen LogP contribution is 2.26. The number of rotatable bonds is 10. The van der Waals surface area contributed by atoms with Crippen LogP contribution in [0.5, 0.6) is 5.75 Å². The third-order valence-corrected chi connectivity index (χ3v) is 5.62. The molecule has 0 aliphatic rings. The molecule has 1 unspecified atom stereocenters. The van der Waals surface area contributed by atoms with Gasteiger partial charge in [-0.15, -0.1) is 0 Å². The van der Waals surface area contributed by atoms with Gasteiger partial charge in [0.1, 0.15) is 23.9 Å². The van der Waals surface area contributed by atoms with E-state index in [1.54, 1.807) is 52.1 Å². The monoisotopic (exact) mass is 497 g/mol. The van der Waals surface area contributed by atoms with Crippen molar-refractivity contribution in [3.05, 3.63) is 59.2 Å². The molecule has 2 N–H and O–H groups in total. The van der Waals surface area contributed by atoms with Crippen molar-refractivity contribution in [2.75, 3.05) is 25.5 Å². The Hall–Kier alpha value is -3.55. The number of hydrogen-bond donors (Lipinski definition) is 2. The Morgan fingerprint density at radius 3 is 2.22 bits per heavy atom. The van der Waals surface area contributed by atoms with Gasteiger partial charge in [0.2, 0.25) is 5.91 Å². The van der Waals surface area contributed by atoms with E-state index in [0.717, 1.165) is 17.5 Å². The lowest BCUT2D eigenvalue weighted by molar-refractivity contribution is -0.138. The SMILES string of the molecule is CCCCN(C(=O)CNC(=O)OC(C)(C)C)C(C(=O)Nc1ccc(OC)cc1)c1ccc(C)c(C)c1. The number of nitrogens with one attached hydrogen (secondary N) is 2. The first-order valence-corrected chi connectivity index (χ1v) is 12.2. The second-order valence-electron chi connectivity index (χ2n) is 9.76. The van der Waals surface area contributed by atoms with Gasteiger partial charge in [-0.3, -0.25) is 9.59 Å². The van der Waals surface area contributed by atoms with E-state index in [4.69, 9.17) is 9.47 Å². The standard InChI is InChI=1S/C28H39N3O5/c1-8-9-16-31(24(32)18-29-27(34)36-28(4,5)6)25(21-11-10-19(2)20(3)17-21)26(33)30-22-12-14-23(35-7)15-13-22/h10-15,17,25H,8-9,16,18H2,1-7H3,(H,29,34)(H,30,33). The Labute approximate surface area is 214 Å². The molecule has 0 fully saturated rings. The van der Waals surface area contributed by atoms with Gasteiger partial charge in [0.25, 0.3) is 5.91 Å². The number of carbonyl (C=O) groups excluding carboxylic acids is 3. The second-order valence-corrected chi connectivity index (χ2v) is 9.76. The lowest BCUT2D eigenvalue weighted by Crippen LogP contribution is -2.47. The number of carbonyl (C=O) groups is 3. The van der Waals surface area contributed by atoms with E-state index in [0.29, 0.717) is 30.0 Å². The number of ether oxygens (including phenoxy) is 2. The fourth-order valence-electron chi connectivity index (χ4n) is 3.58. The van der Waals surface area contributed by atoms with E-state index in [-0.39, 0.29) is 18.4 Å². The summed E-state index contributed by atoms with van der Waals surface area (Å²) in [4.78, 5) is 40.7. The van der Waals surface area contributed by atoms with Crippen LogP contribution in [0.15, 0.2) is 42.5 Å². The number of alkyl carbamates (subject to hydrolysis) is 1. The summed E-state index contributed by atoms with van der Waals surface area (Å²) in [7, 11) is 1.58. The minimum Gasteiger partial charge on any atom is -0.497 e. The smallest absolute Gasteiger partial charge is 0.408 e. The molecule has 2 aromatic carbocycles. The summed E-state index contributed by atoms with van der Waals surface area (Å²) in [5.74, 6) is -0.0424. The number of benzene rings is 2. The number of nitrogens with zero attached hydrogens (tertiary/aromatic N) is 1. The van der Waals surface area contributed by atoms with E-state index < -0.39 is 17.7 Å². The van der Waals surface area contributed by atoms with Crippen LogP contribution in [-0.4, -0.2) is 48.6 Å². The Kier molecular flexibility index (Phi) is 10.3. The maximum Gasteiger partial charge on any atom is 0.408 e. The lowest BCUT2D eigenvalue weighted by atomic mass is 9.98. The number of unbranched alkanes of at least 4 members (excludes halogenated alkanes) is 1. The molecule has 8 heteroatoms. The lowest BCUT2D eigenvalue weighted by Gasteiger charge is -2.32. The number of hydrogen-bond acceptors (Lipinski definition) is 5. The molecule has 0 heterocycles. The normalized spacial score (nSPS) is 11.9. The first-order valence-electron chi connectivity index (χ1n) is 12.2. The van der Waals surface area contributed by atoms with Crippen molar-refractivity contribution in [2.45, 2.75) is 66.0 Å². The van der Waals surface area contributed by atoms with Crippen LogP contribution in [0.1, 0.15) is 63.3 Å². The number of amides is 3. The molecular formula is C28H39N3O5. The van der Waals surface area contributed by atoms with Gasteiger partial charge in [-0.05, 0) is 82.0 Å². The summed E-state index contributed by atoms with van der Waals surface area (Å²) in [6, 6.07) is 11.9. The van der Waals surface area contributed by atoms with E-state index in [9.17, 15) is 14.4 Å². The van der Waals surface area contributed by atoms with Gasteiger partial charge in [0.05, 0.1) is 7.11 Å². The van der Waals surface area contributed by atoms with Crippen LogP contribution in [0, 0.1) is 13.8 Å². The Bertz CT molecular complexity index is 1040. The Morgan fingerprint density at radius 1 is 1.00 bits per heavy atom. The van der Waals surface area contributed by atoms with Crippen LogP contribution in [0.3, 0.4) is 0 Å². The summed E-state index contributed by atoms with van der Waals surface area (Å²) < 4.78 is 10.5. The van der Waals surface area contributed by atoms with Gasteiger partial charge in [0.15, 0.2) is 0 Å². The molecule has 1 atom stereocenters. The van der Waals surface area contributed by atoms with Gasteiger partial charge in [-0.1, -0.05) is 31.5 Å². The summed E-state index contributed by atoms with van der Waals surface area (Å²) in [6.07, 6.45) is 0.856. The zero-order valence-corrected chi connectivity index (χ0v) is 22.4. The number of anilines is 1. The van der Waals surface area contributed by atoms with Crippen molar-refractivity contribution in [3.63, 3.8) is 0 Å². The zero-order valence-electron chi connectivity index (χ0n) is 22.4.